The summed E-state index contributed by atoms with van der Waals surface area (Å²) in [6.07, 6.45) is 3.83. The lowest BCUT2D eigenvalue weighted by atomic mass is 9.69. The van der Waals surface area contributed by atoms with Gasteiger partial charge in [0.25, 0.3) is 0 Å². The lowest BCUT2D eigenvalue weighted by Crippen LogP contribution is -2.41. The standard InChI is InChI=1S/C14H16F3NO/c15-10-5-4-9(11(16)12(10)17)13(19)14(8-18)6-2-1-3-7-14/h4-5H,1-3,6-8,18H2. The van der Waals surface area contributed by atoms with Crippen molar-refractivity contribution in [2.24, 2.45) is 11.1 Å². The monoisotopic (exact) mass is 271 g/mol. The maximum absolute atomic E-state index is 13.7. The summed E-state index contributed by atoms with van der Waals surface area (Å²) in [6, 6.07) is 1.78. The molecule has 0 heterocycles. The van der Waals surface area contributed by atoms with Crippen molar-refractivity contribution < 1.29 is 18.0 Å². The zero-order valence-electron chi connectivity index (χ0n) is 10.5. The van der Waals surface area contributed by atoms with Crippen molar-refractivity contribution in [2.75, 3.05) is 6.54 Å². The van der Waals surface area contributed by atoms with E-state index in [0.29, 0.717) is 12.8 Å². The molecule has 1 saturated carbocycles. The van der Waals surface area contributed by atoms with Crippen molar-refractivity contribution >= 4 is 5.78 Å². The number of rotatable bonds is 3. The van der Waals surface area contributed by atoms with Crippen molar-refractivity contribution in [3.8, 4) is 0 Å². The Morgan fingerprint density at radius 1 is 1.11 bits per heavy atom. The highest BCUT2D eigenvalue weighted by Crippen LogP contribution is 2.39. The molecule has 0 aliphatic heterocycles. The molecule has 1 fully saturated rings. The molecule has 0 atom stereocenters. The van der Waals surface area contributed by atoms with Crippen LogP contribution in [0.3, 0.4) is 0 Å². The van der Waals surface area contributed by atoms with E-state index in [2.05, 4.69) is 0 Å². The van der Waals surface area contributed by atoms with E-state index in [1.165, 1.54) is 0 Å². The first-order chi connectivity index (χ1) is 9.02. The summed E-state index contributed by atoms with van der Waals surface area (Å²) in [4.78, 5) is 12.4. The van der Waals surface area contributed by atoms with Gasteiger partial charge in [0.05, 0.1) is 5.56 Å². The van der Waals surface area contributed by atoms with Crippen LogP contribution in [0, 0.1) is 22.9 Å². The minimum absolute atomic E-state index is 0.101. The summed E-state index contributed by atoms with van der Waals surface area (Å²) < 4.78 is 39.8. The van der Waals surface area contributed by atoms with Gasteiger partial charge in [-0.15, -0.1) is 0 Å². The van der Waals surface area contributed by atoms with Gasteiger partial charge in [-0.25, -0.2) is 13.2 Å². The molecule has 0 radical (unpaired) electrons. The number of hydrogen-bond donors (Lipinski definition) is 1. The van der Waals surface area contributed by atoms with E-state index in [1.54, 1.807) is 0 Å². The summed E-state index contributed by atoms with van der Waals surface area (Å²) in [6.45, 7) is 0.101. The van der Waals surface area contributed by atoms with Gasteiger partial charge in [-0.05, 0) is 25.0 Å². The number of nitrogens with two attached hydrogens (primary N) is 1. The molecule has 19 heavy (non-hydrogen) atoms. The van der Waals surface area contributed by atoms with Crippen LogP contribution in [0.4, 0.5) is 13.2 Å². The normalized spacial score (nSPS) is 18.3. The highest BCUT2D eigenvalue weighted by atomic mass is 19.2. The van der Waals surface area contributed by atoms with Crippen molar-refractivity contribution in [3.63, 3.8) is 0 Å². The van der Waals surface area contributed by atoms with Gasteiger partial charge < -0.3 is 5.73 Å². The summed E-state index contributed by atoms with van der Waals surface area (Å²) in [5, 5.41) is 0. The Morgan fingerprint density at radius 2 is 1.74 bits per heavy atom. The van der Waals surface area contributed by atoms with Crippen molar-refractivity contribution in [2.45, 2.75) is 32.1 Å². The van der Waals surface area contributed by atoms with Crippen LogP contribution in [-0.4, -0.2) is 12.3 Å². The van der Waals surface area contributed by atoms with E-state index >= 15 is 0 Å². The van der Waals surface area contributed by atoms with Crippen molar-refractivity contribution in [1.82, 2.24) is 0 Å². The number of hydrogen-bond acceptors (Lipinski definition) is 2. The smallest absolute Gasteiger partial charge is 0.195 e. The Morgan fingerprint density at radius 3 is 2.32 bits per heavy atom. The summed E-state index contributed by atoms with van der Waals surface area (Å²) >= 11 is 0. The summed E-state index contributed by atoms with van der Waals surface area (Å²) in [5.41, 5.74) is 4.46. The molecule has 0 unspecified atom stereocenters. The molecule has 1 aromatic rings. The van der Waals surface area contributed by atoms with E-state index in [1.807, 2.05) is 0 Å². The van der Waals surface area contributed by atoms with Gasteiger partial charge in [-0.3, -0.25) is 4.79 Å². The minimum atomic E-state index is -1.60. The molecule has 1 aromatic carbocycles. The van der Waals surface area contributed by atoms with Crippen LogP contribution in [-0.2, 0) is 0 Å². The first-order valence-electron chi connectivity index (χ1n) is 6.40. The first kappa shape index (κ1) is 14.1. The predicted molar refractivity (Wildman–Crippen MR) is 65.2 cm³/mol. The lowest BCUT2D eigenvalue weighted by Gasteiger charge is -2.34. The van der Waals surface area contributed by atoms with Crippen LogP contribution in [0.25, 0.3) is 0 Å². The van der Waals surface area contributed by atoms with E-state index in [0.717, 1.165) is 31.4 Å². The Balaban J connectivity index is 2.40. The number of carbonyl (C=O) groups is 1. The zero-order valence-corrected chi connectivity index (χ0v) is 10.5. The molecule has 0 bridgehead atoms. The molecule has 0 aromatic heterocycles. The van der Waals surface area contributed by atoms with Crippen LogP contribution in [0.1, 0.15) is 42.5 Å². The predicted octanol–water partition coefficient (Wildman–Crippen LogP) is 3.20. The number of halogens is 3. The second-order valence-corrected chi connectivity index (χ2v) is 5.10. The van der Waals surface area contributed by atoms with Crippen LogP contribution in [0.2, 0.25) is 0 Å². The molecule has 104 valence electrons. The Bertz CT molecular complexity index is 496. The van der Waals surface area contributed by atoms with Gasteiger partial charge in [-0.1, -0.05) is 19.3 Å². The van der Waals surface area contributed by atoms with Crippen molar-refractivity contribution in [3.05, 3.63) is 35.1 Å². The molecule has 2 N–H and O–H groups in total. The van der Waals surface area contributed by atoms with Crippen molar-refractivity contribution in [1.29, 1.82) is 0 Å². The third-order valence-corrected chi connectivity index (χ3v) is 3.96. The van der Waals surface area contributed by atoms with Crippen LogP contribution < -0.4 is 5.73 Å². The molecule has 2 rings (SSSR count). The number of Topliss-reactive ketones (excluding diaryl/α,β-unsaturated/α-hetero) is 1. The lowest BCUT2D eigenvalue weighted by molar-refractivity contribution is 0.0723. The van der Waals surface area contributed by atoms with E-state index in [4.69, 9.17) is 5.73 Å². The number of benzene rings is 1. The molecular weight excluding hydrogens is 255 g/mol. The molecule has 0 amide bonds. The third kappa shape index (κ3) is 2.39. The van der Waals surface area contributed by atoms with E-state index in [9.17, 15) is 18.0 Å². The van der Waals surface area contributed by atoms with Crippen LogP contribution in [0.15, 0.2) is 12.1 Å². The molecule has 0 saturated heterocycles. The highest BCUT2D eigenvalue weighted by Gasteiger charge is 2.40. The molecular formula is C14H16F3NO. The Kier molecular flexibility index (Phi) is 3.94. The fraction of sp³-hybridized carbons (Fsp3) is 0.500. The van der Waals surface area contributed by atoms with E-state index < -0.39 is 34.2 Å². The van der Waals surface area contributed by atoms with Crippen LogP contribution >= 0.6 is 0 Å². The van der Waals surface area contributed by atoms with Gasteiger partial charge in [0.15, 0.2) is 23.2 Å². The second kappa shape index (κ2) is 5.33. The molecule has 1 aliphatic carbocycles. The molecule has 5 heteroatoms. The quantitative estimate of drug-likeness (QED) is 0.677. The van der Waals surface area contributed by atoms with E-state index in [-0.39, 0.29) is 6.54 Å². The topological polar surface area (TPSA) is 43.1 Å². The van der Waals surface area contributed by atoms with Gasteiger partial charge in [0.1, 0.15) is 0 Å². The fourth-order valence-corrected chi connectivity index (χ4v) is 2.74. The average molecular weight is 271 g/mol. The first-order valence-corrected chi connectivity index (χ1v) is 6.40. The van der Waals surface area contributed by atoms with Gasteiger partial charge >= 0.3 is 0 Å². The third-order valence-electron chi connectivity index (χ3n) is 3.96. The minimum Gasteiger partial charge on any atom is -0.329 e. The SMILES string of the molecule is NCC1(C(=O)c2ccc(F)c(F)c2F)CCCCC1. The zero-order chi connectivity index (χ0) is 14.0. The largest absolute Gasteiger partial charge is 0.329 e. The molecule has 2 nitrogen and oxygen atoms in total. The van der Waals surface area contributed by atoms with Gasteiger partial charge in [0.2, 0.25) is 0 Å². The summed E-state index contributed by atoms with van der Waals surface area (Å²) in [7, 11) is 0. The maximum atomic E-state index is 13.7. The molecule has 1 aliphatic rings. The summed E-state index contributed by atoms with van der Waals surface area (Å²) in [5.74, 6) is -4.82. The number of ketones is 1. The average Bonchev–Trinajstić information content (AvgIpc) is 2.45. The maximum Gasteiger partial charge on any atom is 0.195 e. The second-order valence-electron chi connectivity index (χ2n) is 5.10. The highest BCUT2D eigenvalue weighted by molar-refractivity contribution is 6.01. The fourth-order valence-electron chi connectivity index (χ4n) is 2.74. The Labute approximate surface area is 109 Å². The number of carbonyl (C=O) groups excluding carboxylic acids is 1. The van der Waals surface area contributed by atoms with Gasteiger partial charge in [0, 0.05) is 12.0 Å². The van der Waals surface area contributed by atoms with Crippen LogP contribution in [0.5, 0.6) is 0 Å². The molecule has 0 spiro atoms. The van der Waals surface area contributed by atoms with Gasteiger partial charge in [-0.2, -0.15) is 0 Å². The Hall–Kier alpha value is -1.36.